The van der Waals surface area contributed by atoms with Gasteiger partial charge < -0.3 is 14.6 Å². The fourth-order valence-corrected chi connectivity index (χ4v) is 5.78. The van der Waals surface area contributed by atoms with Crippen LogP contribution >= 0.6 is 0 Å². The first-order valence-corrected chi connectivity index (χ1v) is 15.4. The second kappa shape index (κ2) is 14.6. The lowest BCUT2D eigenvalue weighted by Crippen LogP contribution is -2.53. The Hall–Kier alpha value is -5.67. The number of aliphatic hydroxyl groups is 1. The van der Waals surface area contributed by atoms with Crippen LogP contribution in [-0.2, 0) is 22.5 Å². The number of nitrogens with one attached hydrogen (secondary N) is 2. The van der Waals surface area contributed by atoms with Crippen LogP contribution in [0, 0.1) is 0 Å². The summed E-state index contributed by atoms with van der Waals surface area (Å²) in [6.45, 7) is 0.819. The molecule has 5 aromatic carbocycles. The molecular weight excluding hydrogens is 592 g/mol. The molecule has 0 saturated carbocycles. The molecule has 2 atom stereocenters. The molecule has 0 spiro atoms. The van der Waals surface area contributed by atoms with E-state index in [1.807, 2.05) is 78.9 Å². The number of hydrogen-bond acceptors (Lipinski definition) is 7. The first-order valence-electron chi connectivity index (χ1n) is 15.4. The van der Waals surface area contributed by atoms with Crippen LogP contribution in [0.3, 0.4) is 0 Å². The predicted octanol–water partition coefficient (Wildman–Crippen LogP) is 6.86. The maximum atomic E-state index is 14.6. The molecule has 10 heteroatoms. The van der Waals surface area contributed by atoms with Crippen molar-refractivity contribution in [3.8, 4) is 5.75 Å². The van der Waals surface area contributed by atoms with Crippen molar-refractivity contribution in [2.75, 3.05) is 13.2 Å². The number of azide groups is 1. The van der Waals surface area contributed by atoms with Crippen LogP contribution in [0.25, 0.3) is 21.2 Å². The zero-order valence-corrected chi connectivity index (χ0v) is 25.6. The van der Waals surface area contributed by atoms with Crippen molar-refractivity contribution in [1.29, 1.82) is 0 Å². The van der Waals surface area contributed by atoms with Gasteiger partial charge in [0.1, 0.15) is 5.75 Å². The average molecular weight is 627 g/mol. The Balaban J connectivity index is 1.38. The molecule has 0 unspecified atom stereocenters. The van der Waals surface area contributed by atoms with Gasteiger partial charge in [0.2, 0.25) is 5.90 Å². The Labute approximate surface area is 272 Å². The molecule has 0 aromatic heterocycles. The maximum Gasteiger partial charge on any atom is 0.266 e. The van der Waals surface area contributed by atoms with E-state index in [9.17, 15) is 10.3 Å². The molecule has 0 aliphatic carbocycles. The van der Waals surface area contributed by atoms with Gasteiger partial charge in [-0.1, -0.05) is 102 Å². The molecule has 0 bridgehead atoms. The molecule has 0 radical (unpaired) electrons. The van der Waals surface area contributed by atoms with Gasteiger partial charge in [0.15, 0.2) is 11.6 Å². The molecular formula is C37H34N6O4. The maximum absolute atomic E-state index is 14.6. The fourth-order valence-electron chi connectivity index (χ4n) is 5.78. The second-order valence-corrected chi connectivity index (χ2v) is 11.1. The zero-order chi connectivity index (χ0) is 32.5. The van der Waals surface area contributed by atoms with E-state index in [1.54, 1.807) is 24.3 Å². The number of hydrogen-bond donors (Lipinski definition) is 3. The summed E-state index contributed by atoms with van der Waals surface area (Å²) in [6.07, 6.45) is -0.187. The molecule has 1 amide bonds. The number of rotatable bonds is 13. The third kappa shape index (κ3) is 6.95. The monoisotopic (exact) mass is 626 g/mol. The molecule has 1 aliphatic rings. The minimum Gasteiger partial charge on any atom is -0.494 e. The first-order chi connectivity index (χ1) is 23.1. The van der Waals surface area contributed by atoms with E-state index in [0.717, 1.165) is 21.9 Å². The lowest BCUT2D eigenvalue weighted by molar-refractivity contribution is -0.130. The van der Waals surface area contributed by atoms with Crippen molar-refractivity contribution < 1.29 is 19.4 Å². The molecule has 5 aromatic rings. The van der Waals surface area contributed by atoms with Gasteiger partial charge >= 0.3 is 0 Å². The van der Waals surface area contributed by atoms with E-state index < -0.39 is 17.6 Å². The number of benzene rings is 5. The highest BCUT2D eigenvalue weighted by atomic mass is 16.5. The summed E-state index contributed by atoms with van der Waals surface area (Å²) in [5.74, 6) is 0.540. The van der Waals surface area contributed by atoms with Crippen LogP contribution in [0.2, 0.25) is 0 Å². The highest BCUT2D eigenvalue weighted by Crippen LogP contribution is 2.43. The number of nitrogens with zero attached hydrogens (tertiary/aromatic N) is 4. The van der Waals surface area contributed by atoms with E-state index in [0.29, 0.717) is 48.0 Å². The van der Waals surface area contributed by atoms with Crippen LogP contribution in [0.15, 0.2) is 131 Å². The number of fused-ring (bicyclic) bond motifs is 1. The lowest BCUT2D eigenvalue weighted by atomic mass is 9.81. The summed E-state index contributed by atoms with van der Waals surface area (Å²) in [6, 6.07) is 38.1. The van der Waals surface area contributed by atoms with E-state index in [1.165, 1.54) is 0 Å². The number of amides is 1. The third-order valence-electron chi connectivity index (χ3n) is 8.10. The number of hydrazine groups is 1. The minimum atomic E-state index is -1.49. The van der Waals surface area contributed by atoms with Crippen LogP contribution < -0.4 is 15.6 Å². The van der Waals surface area contributed by atoms with Crippen LogP contribution in [0.4, 0.5) is 5.69 Å². The van der Waals surface area contributed by atoms with E-state index in [-0.39, 0.29) is 13.0 Å². The summed E-state index contributed by atoms with van der Waals surface area (Å²) in [5, 5.41) is 15.2. The second-order valence-electron chi connectivity index (χ2n) is 11.1. The molecule has 47 heavy (non-hydrogen) atoms. The molecule has 6 rings (SSSR count). The van der Waals surface area contributed by atoms with E-state index in [2.05, 4.69) is 39.1 Å². The molecule has 3 N–H and O–H groups in total. The standard InChI is InChI=1S/C37H34N6O4/c38-43-41-33-17-7-5-13-29(33)24-37(36(45)42-39-25-30-15-8-14-26-10-4-6-16-32(26)30)34(27-11-2-1-3-12-27)47-35(40-37)28-18-20-31(21-19-28)46-23-9-22-44/h1-8,10-21,34,39,44H,9,22-25H2,(H,42,45)/t34-,37-/m0/s1. The highest BCUT2D eigenvalue weighted by Gasteiger charge is 2.53. The number of carbonyl (C=O) groups excluding carboxylic acids is 1. The van der Waals surface area contributed by atoms with Crippen molar-refractivity contribution in [3.05, 3.63) is 154 Å². The Morgan fingerprint density at radius 3 is 2.45 bits per heavy atom. The number of carbonyl (C=O) groups is 1. The number of aliphatic imine (C=N–C) groups is 1. The molecule has 0 saturated heterocycles. The predicted molar refractivity (Wildman–Crippen MR) is 181 cm³/mol. The SMILES string of the molecule is [N-]=[N+]=Nc1ccccc1C[C@]1(C(=O)NNCc2cccc3ccccc23)N=C(c2ccc(OCCCO)cc2)O[C@H]1c1ccccc1. The van der Waals surface area contributed by atoms with Gasteiger partial charge in [0.25, 0.3) is 5.91 Å². The summed E-state index contributed by atoms with van der Waals surface area (Å²) < 4.78 is 12.3. The summed E-state index contributed by atoms with van der Waals surface area (Å²) in [5.41, 5.74) is 17.4. The molecule has 0 fully saturated rings. The van der Waals surface area contributed by atoms with Crippen molar-refractivity contribution in [2.24, 2.45) is 10.1 Å². The normalized spacial score (nSPS) is 17.0. The van der Waals surface area contributed by atoms with Gasteiger partial charge in [-0.15, -0.1) is 0 Å². The first kappa shape index (κ1) is 31.3. The van der Waals surface area contributed by atoms with Crippen molar-refractivity contribution >= 4 is 28.3 Å². The minimum absolute atomic E-state index is 0.0490. The van der Waals surface area contributed by atoms with E-state index in [4.69, 9.17) is 19.6 Å². The largest absolute Gasteiger partial charge is 0.494 e. The topological polar surface area (TPSA) is 141 Å². The summed E-state index contributed by atoms with van der Waals surface area (Å²) in [7, 11) is 0. The van der Waals surface area contributed by atoms with Crippen LogP contribution in [0.1, 0.15) is 34.8 Å². The molecule has 1 aliphatic heterocycles. The molecule has 10 nitrogen and oxygen atoms in total. The average Bonchev–Trinajstić information content (AvgIpc) is 3.50. The van der Waals surface area contributed by atoms with Gasteiger partial charge in [-0.3, -0.25) is 10.2 Å². The Morgan fingerprint density at radius 1 is 0.915 bits per heavy atom. The Bertz CT molecular complexity index is 1920. The van der Waals surface area contributed by atoms with Crippen LogP contribution in [0.5, 0.6) is 5.75 Å². The number of ether oxygens (including phenoxy) is 2. The Morgan fingerprint density at radius 2 is 1.64 bits per heavy atom. The van der Waals surface area contributed by atoms with Crippen LogP contribution in [-0.4, -0.2) is 35.7 Å². The third-order valence-corrected chi connectivity index (χ3v) is 8.10. The van der Waals surface area contributed by atoms with E-state index >= 15 is 0 Å². The zero-order valence-electron chi connectivity index (χ0n) is 25.6. The molecule has 236 valence electrons. The smallest absolute Gasteiger partial charge is 0.266 e. The quantitative estimate of drug-likeness (QED) is 0.0430. The lowest BCUT2D eigenvalue weighted by Gasteiger charge is -2.31. The van der Waals surface area contributed by atoms with Gasteiger partial charge in [-0.2, -0.15) is 0 Å². The van der Waals surface area contributed by atoms with Crippen molar-refractivity contribution in [2.45, 2.75) is 31.0 Å². The summed E-state index contributed by atoms with van der Waals surface area (Å²) >= 11 is 0. The number of aliphatic hydroxyl groups excluding tert-OH is 1. The molecule has 1 heterocycles. The van der Waals surface area contributed by atoms with Gasteiger partial charge in [-0.05, 0) is 57.3 Å². The fraction of sp³-hybridized carbons (Fsp3) is 0.189. The Kier molecular flexibility index (Phi) is 9.74. The van der Waals surface area contributed by atoms with Gasteiger partial charge in [0.05, 0.1) is 6.61 Å². The van der Waals surface area contributed by atoms with Gasteiger partial charge in [-0.25, -0.2) is 10.4 Å². The van der Waals surface area contributed by atoms with Crippen molar-refractivity contribution in [1.82, 2.24) is 10.9 Å². The summed E-state index contributed by atoms with van der Waals surface area (Å²) in [4.78, 5) is 22.6. The van der Waals surface area contributed by atoms with Crippen molar-refractivity contribution in [3.63, 3.8) is 0 Å². The van der Waals surface area contributed by atoms with Gasteiger partial charge in [0, 0.05) is 42.2 Å². The highest BCUT2D eigenvalue weighted by molar-refractivity contribution is 6.01.